The molecule has 0 bridgehead atoms. The van der Waals surface area contributed by atoms with E-state index < -0.39 is 0 Å². The zero-order chi connectivity index (χ0) is 59.7. The van der Waals surface area contributed by atoms with Gasteiger partial charge in [0.15, 0.2) is 0 Å². The lowest BCUT2D eigenvalue weighted by Crippen LogP contribution is -1.93. The molecule has 2 heteroatoms. The van der Waals surface area contributed by atoms with Gasteiger partial charge in [-0.1, -0.05) is 216 Å². The van der Waals surface area contributed by atoms with Crippen molar-refractivity contribution in [3.63, 3.8) is 0 Å². The molecule has 12 aromatic rings. The van der Waals surface area contributed by atoms with E-state index in [1.807, 2.05) is 170 Å². The highest BCUT2D eigenvalue weighted by Crippen LogP contribution is 2.39. The molecule has 0 amide bonds. The molecule has 12 aromatic carbocycles. The van der Waals surface area contributed by atoms with Crippen molar-refractivity contribution in [1.82, 2.24) is 0 Å². The fourth-order valence-electron chi connectivity index (χ4n) is 9.86. The van der Waals surface area contributed by atoms with Crippen LogP contribution in [0, 0.1) is 94.7 Å². The first-order valence-corrected chi connectivity index (χ1v) is 28.3. The van der Waals surface area contributed by atoms with Crippen molar-refractivity contribution in [2.24, 2.45) is 0 Å². The van der Waals surface area contributed by atoms with Gasteiger partial charge in [0.25, 0.3) is 0 Å². The van der Waals surface area contributed by atoms with E-state index >= 15 is 0 Å². The maximum Gasteiger partial charge on any atom is 0.150 e. The first kappa shape index (κ1) is 55.5. The summed E-state index contributed by atoms with van der Waals surface area (Å²) in [5, 5.41) is 4.38. The Morgan fingerprint density at radius 1 is 0.193 bits per heavy atom. The third kappa shape index (κ3) is 14.2. The summed E-state index contributed by atoms with van der Waals surface area (Å²) in [6.07, 6.45) is 1.64. The van der Waals surface area contributed by atoms with Crippen LogP contribution in [0.3, 0.4) is 0 Å². The van der Waals surface area contributed by atoms with E-state index in [1.54, 1.807) is 24.3 Å². The van der Waals surface area contributed by atoms with Gasteiger partial charge in [-0.15, -0.1) is 0 Å². The molecule has 0 heterocycles. The molecule has 0 atom stereocenters. The van der Waals surface area contributed by atoms with Gasteiger partial charge in [-0.3, -0.25) is 9.59 Å². The van der Waals surface area contributed by atoms with E-state index in [1.165, 1.54) is 0 Å². The number of hydrogen-bond acceptors (Lipinski definition) is 2. The number of carbonyl (C=O) groups is 2. The minimum atomic E-state index is 0.594. The smallest absolute Gasteiger partial charge is 0.150 e. The minimum Gasteiger partial charge on any atom is -0.298 e. The predicted molar refractivity (Wildman–Crippen MR) is 357 cm³/mol. The monoisotopic (exact) mass is 1110 g/mol. The molecular formula is C86H46O2. The Balaban J connectivity index is 0.787. The topological polar surface area (TPSA) is 34.1 Å². The second kappa shape index (κ2) is 26.9. The van der Waals surface area contributed by atoms with Crippen LogP contribution in [0.1, 0.15) is 110 Å². The van der Waals surface area contributed by atoms with Gasteiger partial charge in [-0.25, -0.2) is 0 Å². The maximum atomic E-state index is 11.2. The molecule has 0 aliphatic rings. The van der Waals surface area contributed by atoms with Gasteiger partial charge in [-0.05, 0) is 167 Å². The molecule has 0 aromatic heterocycles. The lowest BCUT2D eigenvalue weighted by atomic mass is 9.87. The van der Waals surface area contributed by atoms with E-state index in [0.717, 1.165) is 134 Å². The highest BCUT2D eigenvalue weighted by molar-refractivity contribution is 6.09. The Bertz CT molecular complexity index is 4990. The van der Waals surface area contributed by atoms with Crippen LogP contribution in [-0.2, 0) is 0 Å². The van der Waals surface area contributed by atoms with E-state index in [4.69, 9.17) is 0 Å². The molecule has 88 heavy (non-hydrogen) atoms. The number of fused-ring (bicyclic) bond motifs is 2. The molecule has 0 fully saturated rings. The summed E-state index contributed by atoms with van der Waals surface area (Å²) in [6, 6.07) is 87.4. The SMILES string of the molecule is O=Cc1cccc(C#Cc2cccc(C#Cc3cccc(C#Cc4cccc(C#Cc5ccc6ccccc6c5-c5c(C#Cc6cccc(C#Cc7cccc(C#Cc8cccc(C#Cc9cccc(C=O)c9)c8)c7)c6)ccc6ccccc56)c4)c3)c2)c1. The summed E-state index contributed by atoms with van der Waals surface area (Å²) in [6.45, 7) is 0. The average Bonchev–Trinajstić information content (AvgIpc) is 1.16. The number of aldehydes is 2. The number of benzene rings is 12. The van der Waals surface area contributed by atoms with Crippen LogP contribution >= 0.6 is 0 Å². The summed E-state index contributed by atoms with van der Waals surface area (Å²) in [5.41, 5.74) is 16.7. The zero-order valence-corrected chi connectivity index (χ0v) is 47.4. The summed E-state index contributed by atoms with van der Waals surface area (Å²) in [5.74, 6) is 53.4. The predicted octanol–water partition coefficient (Wildman–Crippen LogP) is 16.5. The van der Waals surface area contributed by atoms with E-state index in [0.29, 0.717) is 11.1 Å². The Morgan fingerprint density at radius 2 is 0.409 bits per heavy atom. The molecule has 0 saturated carbocycles. The van der Waals surface area contributed by atoms with Crippen LogP contribution in [-0.4, -0.2) is 12.6 Å². The van der Waals surface area contributed by atoms with Crippen molar-refractivity contribution in [3.05, 3.63) is 367 Å². The number of hydrogen-bond donors (Lipinski definition) is 0. The summed E-state index contributed by atoms with van der Waals surface area (Å²) in [4.78, 5) is 22.4. The Morgan fingerprint density at radius 3 is 0.659 bits per heavy atom. The molecule has 402 valence electrons. The fourth-order valence-corrected chi connectivity index (χ4v) is 9.86. The van der Waals surface area contributed by atoms with Gasteiger partial charge in [-0.2, -0.15) is 0 Å². The fraction of sp³-hybridized carbons (Fsp3) is 0. The summed E-state index contributed by atoms with van der Waals surface area (Å²) < 4.78 is 0. The third-order valence-electron chi connectivity index (χ3n) is 14.1. The maximum absolute atomic E-state index is 11.2. The second-order valence-electron chi connectivity index (χ2n) is 20.4. The van der Waals surface area contributed by atoms with Crippen LogP contribution in [0.4, 0.5) is 0 Å². The van der Waals surface area contributed by atoms with Crippen LogP contribution in [0.25, 0.3) is 32.7 Å². The van der Waals surface area contributed by atoms with Crippen LogP contribution < -0.4 is 0 Å². The highest BCUT2D eigenvalue weighted by Gasteiger charge is 2.16. The normalized spacial score (nSPS) is 9.86. The largest absolute Gasteiger partial charge is 0.298 e. The van der Waals surface area contributed by atoms with Gasteiger partial charge in [0.1, 0.15) is 12.6 Å². The van der Waals surface area contributed by atoms with Gasteiger partial charge < -0.3 is 0 Å². The van der Waals surface area contributed by atoms with Crippen molar-refractivity contribution in [2.45, 2.75) is 0 Å². The first-order valence-electron chi connectivity index (χ1n) is 28.3. The quantitative estimate of drug-likeness (QED) is 0.131. The van der Waals surface area contributed by atoms with Crippen LogP contribution in [0.2, 0.25) is 0 Å². The van der Waals surface area contributed by atoms with Gasteiger partial charge in [0.2, 0.25) is 0 Å². The summed E-state index contributed by atoms with van der Waals surface area (Å²) in [7, 11) is 0. The van der Waals surface area contributed by atoms with E-state index in [9.17, 15) is 9.59 Å². The molecule has 0 aliphatic heterocycles. The molecular weight excluding hydrogens is 1060 g/mol. The van der Waals surface area contributed by atoms with E-state index in [-0.39, 0.29) is 0 Å². The van der Waals surface area contributed by atoms with Crippen LogP contribution in [0.15, 0.2) is 267 Å². The molecule has 0 radical (unpaired) electrons. The first-order chi connectivity index (χ1) is 43.4. The number of carbonyl (C=O) groups excluding carboxylic acids is 2. The van der Waals surface area contributed by atoms with Crippen molar-refractivity contribution < 1.29 is 9.59 Å². The average molecular weight is 1110 g/mol. The highest BCUT2D eigenvalue weighted by atomic mass is 16.1. The molecule has 0 N–H and O–H groups in total. The molecule has 0 aliphatic carbocycles. The van der Waals surface area contributed by atoms with E-state index in [2.05, 4.69) is 168 Å². The lowest BCUT2D eigenvalue weighted by molar-refractivity contribution is 0.111. The molecule has 0 spiro atoms. The molecule has 0 saturated heterocycles. The number of rotatable bonds is 3. The minimum absolute atomic E-state index is 0.594. The van der Waals surface area contributed by atoms with Gasteiger partial charge >= 0.3 is 0 Å². The molecule has 2 nitrogen and oxygen atoms in total. The van der Waals surface area contributed by atoms with Crippen molar-refractivity contribution in [1.29, 1.82) is 0 Å². The molecule has 12 rings (SSSR count). The molecule has 0 unspecified atom stereocenters. The van der Waals surface area contributed by atoms with Crippen molar-refractivity contribution in [2.75, 3.05) is 0 Å². The second-order valence-corrected chi connectivity index (χ2v) is 20.4. The van der Waals surface area contributed by atoms with Crippen molar-refractivity contribution >= 4 is 34.1 Å². The van der Waals surface area contributed by atoms with Crippen LogP contribution in [0.5, 0.6) is 0 Å². The van der Waals surface area contributed by atoms with Gasteiger partial charge in [0.05, 0.1) is 0 Å². The Hall–Kier alpha value is -13.0. The van der Waals surface area contributed by atoms with Crippen molar-refractivity contribution in [3.8, 4) is 106 Å². The van der Waals surface area contributed by atoms with Gasteiger partial charge in [0, 0.05) is 111 Å². The standard InChI is InChI=1S/C86H46O2/c87-61-77-27-11-25-73(59-77)43-41-69-19-7-17-65(55-69)35-33-63-13-5-15-67(53-63)37-39-71-21-9-23-75(57-71)45-47-81-51-49-79-29-1-3-31-83(79)85(81)86-82(52-50-80-30-2-4-32-84(80)86)48-46-76-24-10-22-72(58-76)40-38-68-16-6-14-64(54-68)34-36-66-18-8-20-70(56-66)42-44-74-26-12-28-78(60-74)62-88/h1-32,49-62H. The summed E-state index contributed by atoms with van der Waals surface area (Å²) >= 11 is 0. The Labute approximate surface area is 513 Å². The third-order valence-corrected chi connectivity index (χ3v) is 14.1. The lowest BCUT2D eigenvalue weighted by Gasteiger charge is -2.15. The zero-order valence-electron chi connectivity index (χ0n) is 47.4. The Kier molecular flexibility index (Phi) is 17.0.